The number of nitrogens with two attached hydrogens (primary N) is 1. The van der Waals surface area contributed by atoms with Crippen LogP contribution in [0.25, 0.3) is 0 Å². The fraction of sp³-hybridized carbons (Fsp3) is 1.00. The molecule has 0 spiro atoms. The van der Waals surface area contributed by atoms with Gasteiger partial charge in [0.25, 0.3) is 0 Å². The fourth-order valence-corrected chi connectivity index (χ4v) is 2.32. The van der Waals surface area contributed by atoms with Gasteiger partial charge in [-0.05, 0) is 43.7 Å². The molecule has 0 amide bonds. The Morgan fingerprint density at radius 1 is 1.33 bits per heavy atom. The van der Waals surface area contributed by atoms with E-state index < -0.39 is 0 Å². The molecule has 90 valence electrons. The largest absolute Gasteiger partial charge is 0.329 e. The lowest BCUT2D eigenvalue weighted by Crippen LogP contribution is -2.47. The molecule has 1 saturated heterocycles. The molecular formula is C13H28N2. The molecule has 0 aliphatic carbocycles. The molecule has 0 aromatic rings. The maximum atomic E-state index is 5.85. The molecule has 15 heavy (non-hydrogen) atoms. The van der Waals surface area contributed by atoms with Crippen molar-refractivity contribution in [1.29, 1.82) is 0 Å². The zero-order valence-electron chi connectivity index (χ0n) is 10.9. The lowest BCUT2D eigenvalue weighted by Gasteiger charge is -2.39. The van der Waals surface area contributed by atoms with E-state index in [1.54, 1.807) is 0 Å². The molecule has 1 rings (SSSR count). The lowest BCUT2D eigenvalue weighted by molar-refractivity contribution is 0.108. The first-order valence-corrected chi connectivity index (χ1v) is 6.36. The molecule has 0 aromatic carbocycles. The van der Waals surface area contributed by atoms with Crippen LogP contribution in [-0.4, -0.2) is 30.6 Å². The highest BCUT2D eigenvalue weighted by Gasteiger charge is 2.25. The van der Waals surface area contributed by atoms with Crippen molar-refractivity contribution in [2.45, 2.75) is 53.0 Å². The van der Waals surface area contributed by atoms with Crippen molar-refractivity contribution in [3.63, 3.8) is 0 Å². The second-order valence-electron chi connectivity index (χ2n) is 6.37. The second-order valence-corrected chi connectivity index (χ2v) is 6.37. The molecule has 0 aromatic heterocycles. The SMILES string of the molecule is CC1CCN(CCC(C)(C)C)C(CN)C1. The van der Waals surface area contributed by atoms with E-state index >= 15 is 0 Å². The third kappa shape index (κ3) is 4.52. The first kappa shape index (κ1) is 13.0. The molecule has 2 nitrogen and oxygen atoms in total. The molecule has 2 atom stereocenters. The van der Waals surface area contributed by atoms with Crippen LogP contribution >= 0.6 is 0 Å². The van der Waals surface area contributed by atoms with Gasteiger partial charge in [-0.3, -0.25) is 4.90 Å². The molecular weight excluding hydrogens is 184 g/mol. The first-order chi connectivity index (χ1) is 6.92. The summed E-state index contributed by atoms with van der Waals surface area (Å²) in [5.74, 6) is 0.865. The van der Waals surface area contributed by atoms with E-state index in [1.807, 2.05) is 0 Å². The quantitative estimate of drug-likeness (QED) is 0.779. The minimum atomic E-state index is 0.447. The summed E-state index contributed by atoms with van der Waals surface area (Å²) in [6.07, 6.45) is 3.92. The van der Waals surface area contributed by atoms with Crippen LogP contribution in [0.1, 0.15) is 47.0 Å². The van der Waals surface area contributed by atoms with E-state index in [2.05, 4.69) is 32.6 Å². The number of piperidine rings is 1. The minimum absolute atomic E-state index is 0.447. The third-order valence-electron chi connectivity index (χ3n) is 3.52. The van der Waals surface area contributed by atoms with Crippen molar-refractivity contribution in [3.05, 3.63) is 0 Å². The summed E-state index contributed by atoms with van der Waals surface area (Å²) < 4.78 is 0. The van der Waals surface area contributed by atoms with Crippen LogP contribution < -0.4 is 5.73 Å². The van der Waals surface area contributed by atoms with Gasteiger partial charge in [0.2, 0.25) is 0 Å². The molecule has 2 heteroatoms. The van der Waals surface area contributed by atoms with Crippen molar-refractivity contribution in [1.82, 2.24) is 4.90 Å². The van der Waals surface area contributed by atoms with Crippen LogP contribution in [0.15, 0.2) is 0 Å². The number of likely N-dealkylation sites (tertiary alicyclic amines) is 1. The summed E-state index contributed by atoms with van der Waals surface area (Å²) in [5, 5.41) is 0. The molecule has 1 heterocycles. The van der Waals surface area contributed by atoms with Crippen molar-refractivity contribution >= 4 is 0 Å². The van der Waals surface area contributed by atoms with E-state index in [9.17, 15) is 0 Å². The summed E-state index contributed by atoms with van der Waals surface area (Å²) in [6.45, 7) is 12.6. The Morgan fingerprint density at radius 3 is 2.53 bits per heavy atom. The van der Waals surface area contributed by atoms with Crippen molar-refractivity contribution < 1.29 is 0 Å². The van der Waals surface area contributed by atoms with Crippen molar-refractivity contribution in [2.24, 2.45) is 17.1 Å². The van der Waals surface area contributed by atoms with Gasteiger partial charge in [0.15, 0.2) is 0 Å². The molecule has 1 aliphatic heterocycles. The van der Waals surface area contributed by atoms with E-state index in [4.69, 9.17) is 5.73 Å². The Morgan fingerprint density at radius 2 is 2.00 bits per heavy atom. The fourth-order valence-electron chi connectivity index (χ4n) is 2.32. The highest BCUT2D eigenvalue weighted by molar-refractivity contribution is 4.81. The molecule has 0 saturated carbocycles. The Bertz CT molecular complexity index is 183. The van der Waals surface area contributed by atoms with Crippen LogP contribution in [-0.2, 0) is 0 Å². The van der Waals surface area contributed by atoms with Gasteiger partial charge < -0.3 is 5.73 Å². The summed E-state index contributed by atoms with van der Waals surface area (Å²) in [5.41, 5.74) is 6.30. The average Bonchev–Trinajstić information content (AvgIpc) is 2.14. The van der Waals surface area contributed by atoms with Gasteiger partial charge in [0.1, 0.15) is 0 Å². The van der Waals surface area contributed by atoms with Gasteiger partial charge in [-0.15, -0.1) is 0 Å². The van der Waals surface area contributed by atoms with Crippen molar-refractivity contribution in [2.75, 3.05) is 19.6 Å². The average molecular weight is 212 g/mol. The summed E-state index contributed by atoms with van der Waals surface area (Å²) in [6, 6.07) is 0.635. The first-order valence-electron chi connectivity index (χ1n) is 6.36. The van der Waals surface area contributed by atoms with E-state index in [0.29, 0.717) is 11.5 Å². The number of nitrogens with zero attached hydrogens (tertiary/aromatic N) is 1. The van der Waals surface area contributed by atoms with E-state index in [-0.39, 0.29) is 0 Å². The molecule has 2 N–H and O–H groups in total. The lowest BCUT2D eigenvalue weighted by atomic mass is 9.89. The maximum absolute atomic E-state index is 5.85. The van der Waals surface area contributed by atoms with Gasteiger partial charge in [0, 0.05) is 12.6 Å². The normalized spacial score (nSPS) is 29.4. The number of rotatable bonds is 3. The topological polar surface area (TPSA) is 29.3 Å². The van der Waals surface area contributed by atoms with Gasteiger partial charge >= 0.3 is 0 Å². The van der Waals surface area contributed by atoms with Crippen LogP contribution in [0, 0.1) is 11.3 Å². The zero-order chi connectivity index (χ0) is 11.5. The van der Waals surface area contributed by atoms with E-state index in [0.717, 1.165) is 12.5 Å². The Hall–Kier alpha value is -0.0800. The Kier molecular flexibility index (Phi) is 4.60. The highest BCUT2D eigenvalue weighted by atomic mass is 15.2. The van der Waals surface area contributed by atoms with E-state index in [1.165, 1.54) is 32.4 Å². The summed E-state index contributed by atoms with van der Waals surface area (Å²) >= 11 is 0. The van der Waals surface area contributed by atoms with Crippen LogP contribution in [0.2, 0.25) is 0 Å². The Balaban J connectivity index is 2.39. The minimum Gasteiger partial charge on any atom is -0.329 e. The van der Waals surface area contributed by atoms with Crippen LogP contribution in [0.3, 0.4) is 0 Å². The monoisotopic (exact) mass is 212 g/mol. The molecule has 2 unspecified atom stereocenters. The Labute approximate surface area is 95.2 Å². The number of hydrogen-bond acceptors (Lipinski definition) is 2. The van der Waals surface area contributed by atoms with Crippen molar-refractivity contribution in [3.8, 4) is 0 Å². The highest BCUT2D eigenvalue weighted by Crippen LogP contribution is 2.25. The van der Waals surface area contributed by atoms with Gasteiger partial charge in [0.05, 0.1) is 0 Å². The zero-order valence-corrected chi connectivity index (χ0v) is 10.9. The number of hydrogen-bond donors (Lipinski definition) is 1. The standard InChI is InChI=1S/C13H28N2/c1-11-5-7-15(12(9-11)10-14)8-6-13(2,3)4/h11-12H,5-10,14H2,1-4H3. The van der Waals surface area contributed by atoms with Gasteiger partial charge in [-0.25, -0.2) is 0 Å². The summed E-state index contributed by atoms with van der Waals surface area (Å²) in [7, 11) is 0. The third-order valence-corrected chi connectivity index (χ3v) is 3.52. The predicted molar refractivity (Wildman–Crippen MR) is 66.9 cm³/mol. The second kappa shape index (κ2) is 5.31. The molecule has 0 radical (unpaired) electrons. The maximum Gasteiger partial charge on any atom is 0.0220 e. The molecule has 0 bridgehead atoms. The van der Waals surface area contributed by atoms with Gasteiger partial charge in [-0.1, -0.05) is 27.7 Å². The summed E-state index contributed by atoms with van der Waals surface area (Å²) in [4.78, 5) is 2.60. The smallest absolute Gasteiger partial charge is 0.0220 e. The predicted octanol–water partition coefficient (Wildman–Crippen LogP) is 2.48. The molecule has 1 aliphatic rings. The van der Waals surface area contributed by atoms with Crippen LogP contribution in [0.5, 0.6) is 0 Å². The van der Waals surface area contributed by atoms with Gasteiger partial charge in [-0.2, -0.15) is 0 Å². The van der Waals surface area contributed by atoms with Crippen LogP contribution in [0.4, 0.5) is 0 Å². The molecule has 1 fully saturated rings.